The van der Waals surface area contributed by atoms with E-state index in [1.54, 1.807) is 11.8 Å². The minimum absolute atomic E-state index is 0.0371. The van der Waals surface area contributed by atoms with Crippen molar-refractivity contribution >= 4 is 40.1 Å². The zero-order valence-electron chi connectivity index (χ0n) is 10.5. The first-order valence-electron chi connectivity index (χ1n) is 5.52. The molecule has 0 aliphatic heterocycles. The molecule has 0 spiro atoms. The summed E-state index contributed by atoms with van der Waals surface area (Å²) < 4.78 is 0. The topological polar surface area (TPSA) is 70.5 Å². The number of carboxylic acids is 1. The van der Waals surface area contributed by atoms with Crippen molar-refractivity contribution in [2.75, 3.05) is 11.4 Å². The van der Waals surface area contributed by atoms with Crippen LogP contribution < -0.4 is 4.90 Å². The Kier molecular flexibility index (Phi) is 5.61. The summed E-state index contributed by atoms with van der Waals surface area (Å²) in [6.07, 6.45) is 0. The molecule has 0 fully saturated rings. The molecule has 1 rings (SSSR count). The van der Waals surface area contributed by atoms with Crippen LogP contribution in [0.3, 0.4) is 0 Å². The van der Waals surface area contributed by atoms with Gasteiger partial charge in [-0.25, -0.2) is 4.98 Å². The van der Waals surface area contributed by atoms with Gasteiger partial charge in [0.05, 0.1) is 10.9 Å². The number of carbonyl (C=O) groups is 2. The molecule has 1 N–H and O–H groups in total. The van der Waals surface area contributed by atoms with E-state index in [2.05, 4.69) is 4.98 Å². The molecule has 100 valence electrons. The number of carboxylic acid groups (broad SMARTS) is 1. The molecule has 7 heteroatoms. The summed E-state index contributed by atoms with van der Waals surface area (Å²) in [6, 6.07) is 0. The fourth-order valence-electron chi connectivity index (χ4n) is 1.26. The summed E-state index contributed by atoms with van der Waals surface area (Å²) in [6.45, 7) is 5.63. The number of aromatic nitrogens is 1. The largest absolute Gasteiger partial charge is 0.480 e. The lowest BCUT2D eigenvalue weighted by molar-refractivity contribution is -0.136. The lowest BCUT2D eigenvalue weighted by Gasteiger charge is -2.14. The van der Waals surface area contributed by atoms with Gasteiger partial charge in [0.2, 0.25) is 5.91 Å². The van der Waals surface area contributed by atoms with Gasteiger partial charge in [-0.2, -0.15) is 0 Å². The Hall–Kier alpha value is -1.08. The van der Waals surface area contributed by atoms with E-state index in [1.165, 1.54) is 30.0 Å². The molecule has 1 heterocycles. The lowest BCUT2D eigenvalue weighted by atomic mass is 10.5. The van der Waals surface area contributed by atoms with Gasteiger partial charge in [0.15, 0.2) is 5.13 Å². The number of nitrogens with zero attached hydrogens (tertiary/aromatic N) is 2. The maximum atomic E-state index is 11.3. The van der Waals surface area contributed by atoms with Gasteiger partial charge in [0.1, 0.15) is 0 Å². The van der Waals surface area contributed by atoms with Crippen LogP contribution in [0.5, 0.6) is 0 Å². The van der Waals surface area contributed by atoms with Gasteiger partial charge < -0.3 is 5.11 Å². The first-order chi connectivity index (χ1) is 8.45. The van der Waals surface area contributed by atoms with Crippen molar-refractivity contribution in [1.29, 1.82) is 0 Å². The summed E-state index contributed by atoms with van der Waals surface area (Å²) in [5, 5.41) is 10.9. The summed E-state index contributed by atoms with van der Waals surface area (Å²) in [4.78, 5) is 28.0. The van der Waals surface area contributed by atoms with E-state index in [1.807, 2.05) is 12.3 Å². The van der Waals surface area contributed by atoms with Crippen molar-refractivity contribution in [3.8, 4) is 0 Å². The number of thiazole rings is 1. The third kappa shape index (κ3) is 3.99. The number of thioether (sulfide) groups is 1. The molecule has 18 heavy (non-hydrogen) atoms. The second-order valence-electron chi connectivity index (χ2n) is 3.68. The highest BCUT2D eigenvalue weighted by Gasteiger charge is 2.15. The van der Waals surface area contributed by atoms with Gasteiger partial charge in [-0.15, -0.1) is 23.1 Å². The van der Waals surface area contributed by atoms with Crippen molar-refractivity contribution in [2.45, 2.75) is 31.8 Å². The van der Waals surface area contributed by atoms with Crippen LogP contribution in [0.4, 0.5) is 5.13 Å². The van der Waals surface area contributed by atoms with Crippen molar-refractivity contribution < 1.29 is 14.7 Å². The first-order valence-corrected chi connectivity index (χ1v) is 7.45. The van der Waals surface area contributed by atoms with E-state index in [0.717, 1.165) is 5.69 Å². The highest BCUT2D eigenvalue weighted by Crippen LogP contribution is 2.24. The normalized spacial score (nSPS) is 12.2. The Balaban J connectivity index is 2.63. The summed E-state index contributed by atoms with van der Waals surface area (Å²) in [5.74, 6) is -0.321. The number of hydrogen-bond donors (Lipinski definition) is 1. The molecule has 0 saturated heterocycles. The molecular weight excluding hydrogens is 272 g/mol. The Morgan fingerprint density at radius 3 is 2.78 bits per heavy atom. The molecule has 1 amide bonds. The molecule has 0 radical (unpaired) electrons. The van der Waals surface area contributed by atoms with E-state index in [4.69, 9.17) is 5.11 Å². The molecule has 1 aromatic heterocycles. The average Bonchev–Trinajstić information content (AvgIpc) is 2.74. The molecule has 0 aromatic carbocycles. The average molecular weight is 288 g/mol. The molecular formula is C11H16N2O3S2. The van der Waals surface area contributed by atoms with Crippen LogP contribution in [-0.2, 0) is 15.3 Å². The molecule has 0 saturated carbocycles. The fraction of sp³-hybridized carbons (Fsp3) is 0.545. The lowest BCUT2D eigenvalue weighted by Crippen LogP contribution is -2.27. The van der Waals surface area contributed by atoms with E-state index in [0.29, 0.717) is 17.4 Å². The maximum Gasteiger partial charge on any atom is 0.316 e. The molecule has 1 unspecified atom stereocenters. The zero-order chi connectivity index (χ0) is 13.7. The van der Waals surface area contributed by atoms with Crippen molar-refractivity contribution in [1.82, 2.24) is 4.98 Å². The summed E-state index contributed by atoms with van der Waals surface area (Å²) in [7, 11) is 0. The Bertz CT molecular complexity index is 434. The minimum atomic E-state index is -0.825. The Labute approximate surface area is 114 Å². The summed E-state index contributed by atoms with van der Waals surface area (Å²) >= 11 is 2.72. The molecule has 1 aromatic rings. The zero-order valence-corrected chi connectivity index (χ0v) is 12.2. The van der Waals surface area contributed by atoms with Crippen molar-refractivity contribution in [2.24, 2.45) is 0 Å². The Morgan fingerprint density at radius 2 is 2.28 bits per heavy atom. The van der Waals surface area contributed by atoms with Crippen LogP contribution in [0.25, 0.3) is 0 Å². The SMILES string of the molecule is CCN(C(C)=O)c1nc(CSC(C)C(=O)O)cs1. The van der Waals surface area contributed by atoms with Crippen LogP contribution >= 0.6 is 23.1 Å². The molecule has 0 aliphatic rings. The van der Waals surface area contributed by atoms with Gasteiger partial charge in [0.25, 0.3) is 0 Å². The number of hydrogen-bond acceptors (Lipinski definition) is 5. The van der Waals surface area contributed by atoms with Gasteiger partial charge in [-0.3, -0.25) is 14.5 Å². The standard InChI is InChI=1S/C11H16N2O3S2/c1-4-13(8(3)14)11-12-9(6-18-11)5-17-7(2)10(15)16/h6-7H,4-5H2,1-3H3,(H,15,16). The number of rotatable bonds is 6. The third-order valence-electron chi connectivity index (χ3n) is 2.30. The predicted octanol–water partition coefficient (Wildman–Crippen LogP) is 2.22. The third-order valence-corrected chi connectivity index (χ3v) is 4.37. The van der Waals surface area contributed by atoms with E-state index < -0.39 is 11.2 Å². The monoisotopic (exact) mass is 288 g/mol. The van der Waals surface area contributed by atoms with Crippen LogP contribution in [0.15, 0.2) is 5.38 Å². The number of carbonyl (C=O) groups excluding carboxylic acids is 1. The molecule has 0 bridgehead atoms. The van der Waals surface area contributed by atoms with Crippen LogP contribution in [-0.4, -0.2) is 33.8 Å². The second kappa shape index (κ2) is 6.75. The minimum Gasteiger partial charge on any atom is -0.480 e. The predicted molar refractivity (Wildman–Crippen MR) is 74.2 cm³/mol. The quantitative estimate of drug-likeness (QED) is 0.869. The van der Waals surface area contributed by atoms with Crippen molar-refractivity contribution in [3.05, 3.63) is 11.1 Å². The first kappa shape index (κ1) is 15.0. The summed E-state index contributed by atoms with van der Waals surface area (Å²) in [5.41, 5.74) is 0.813. The van der Waals surface area contributed by atoms with E-state index in [9.17, 15) is 9.59 Å². The number of amides is 1. The van der Waals surface area contributed by atoms with Crippen molar-refractivity contribution in [3.63, 3.8) is 0 Å². The van der Waals surface area contributed by atoms with Crippen LogP contribution in [0, 0.1) is 0 Å². The second-order valence-corrected chi connectivity index (χ2v) is 5.84. The van der Waals surface area contributed by atoms with Gasteiger partial charge in [-0.05, 0) is 13.8 Å². The maximum absolute atomic E-state index is 11.3. The highest BCUT2D eigenvalue weighted by molar-refractivity contribution is 7.99. The molecule has 1 atom stereocenters. The molecule has 5 nitrogen and oxygen atoms in total. The van der Waals surface area contributed by atoms with Crippen LogP contribution in [0.2, 0.25) is 0 Å². The number of anilines is 1. The van der Waals surface area contributed by atoms with Gasteiger partial charge in [-0.1, -0.05) is 0 Å². The Morgan fingerprint density at radius 1 is 1.61 bits per heavy atom. The molecule has 0 aliphatic carbocycles. The number of aliphatic carboxylic acids is 1. The van der Waals surface area contributed by atoms with Gasteiger partial charge in [0, 0.05) is 24.6 Å². The van der Waals surface area contributed by atoms with Crippen LogP contribution in [0.1, 0.15) is 26.5 Å². The highest BCUT2D eigenvalue weighted by atomic mass is 32.2. The van der Waals surface area contributed by atoms with E-state index >= 15 is 0 Å². The van der Waals surface area contributed by atoms with E-state index in [-0.39, 0.29) is 5.91 Å². The smallest absolute Gasteiger partial charge is 0.316 e. The van der Waals surface area contributed by atoms with Gasteiger partial charge >= 0.3 is 5.97 Å². The fourth-order valence-corrected chi connectivity index (χ4v) is 3.01.